The highest BCUT2D eigenvalue weighted by atomic mass is 16.5. The van der Waals surface area contributed by atoms with Gasteiger partial charge in [-0.05, 0) is 38.8 Å². The van der Waals surface area contributed by atoms with Crippen molar-refractivity contribution in [2.24, 2.45) is 5.92 Å². The molecule has 0 radical (unpaired) electrons. The van der Waals surface area contributed by atoms with E-state index in [9.17, 15) is 4.79 Å². The fraction of sp³-hybridized carbons (Fsp3) is 0.625. The minimum Gasteiger partial charge on any atom is -0.381 e. The summed E-state index contributed by atoms with van der Waals surface area (Å²) in [5.74, 6) is 1.14. The van der Waals surface area contributed by atoms with Crippen molar-refractivity contribution in [3.05, 3.63) is 23.4 Å². The van der Waals surface area contributed by atoms with Crippen LogP contribution in [0.1, 0.15) is 43.2 Å². The molecular weight excluding hydrogens is 266 g/mol. The van der Waals surface area contributed by atoms with Crippen molar-refractivity contribution in [3.63, 3.8) is 0 Å². The van der Waals surface area contributed by atoms with Crippen LogP contribution in [0.15, 0.2) is 12.1 Å². The minimum atomic E-state index is -0.0364. The van der Waals surface area contributed by atoms with E-state index in [4.69, 9.17) is 4.74 Å². The molecule has 0 aromatic carbocycles. The predicted octanol–water partition coefficient (Wildman–Crippen LogP) is 2.23. The van der Waals surface area contributed by atoms with E-state index in [1.165, 1.54) is 0 Å². The van der Waals surface area contributed by atoms with Gasteiger partial charge >= 0.3 is 0 Å². The van der Waals surface area contributed by atoms with Crippen LogP contribution in [0.2, 0.25) is 0 Å². The number of anilines is 1. The van der Waals surface area contributed by atoms with E-state index >= 15 is 0 Å². The van der Waals surface area contributed by atoms with Crippen LogP contribution in [0.4, 0.5) is 5.82 Å². The van der Waals surface area contributed by atoms with E-state index in [2.05, 4.69) is 15.6 Å². The van der Waals surface area contributed by atoms with Crippen LogP contribution in [-0.2, 0) is 11.2 Å². The van der Waals surface area contributed by atoms with Gasteiger partial charge in [0.25, 0.3) is 5.91 Å². The molecule has 0 spiro atoms. The van der Waals surface area contributed by atoms with Gasteiger partial charge in [-0.3, -0.25) is 4.79 Å². The molecule has 116 valence electrons. The van der Waals surface area contributed by atoms with Crippen molar-refractivity contribution >= 4 is 11.7 Å². The maximum atomic E-state index is 12.4. The number of nitrogens with zero attached hydrogens (tertiary/aromatic N) is 1. The van der Waals surface area contributed by atoms with Gasteiger partial charge in [-0.15, -0.1) is 0 Å². The molecule has 21 heavy (non-hydrogen) atoms. The molecule has 0 aliphatic carbocycles. The molecule has 1 aromatic heterocycles. The minimum absolute atomic E-state index is 0.0364. The molecule has 2 unspecified atom stereocenters. The molecule has 2 rings (SSSR count). The lowest BCUT2D eigenvalue weighted by atomic mass is 10.0. The van der Waals surface area contributed by atoms with Gasteiger partial charge in [-0.1, -0.05) is 6.92 Å². The van der Waals surface area contributed by atoms with Gasteiger partial charge in [-0.2, -0.15) is 0 Å². The molecule has 5 nitrogen and oxygen atoms in total. The Morgan fingerprint density at radius 1 is 1.48 bits per heavy atom. The number of aromatic nitrogens is 1. The number of carbonyl (C=O) groups is 1. The number of hydrogen-bond donors (Lipinski definition) is 2. The Labute approximate surface area is 126 Å². The average molecular weight is 291 g/mol. The molecule has 0 bridgehead atoms. The SMILES string of the molecule is CCNc1cc(C(=O)NC(C)C2CCOC2)cc(CC)n1. The Balaban J connectivity index is 2.08. The van der Waals surface area contributed by atoms with Crippen molar-refractivity contribution in [1.29, 1.82) is 0 Å². The summed E-state index contributed by atoms with van der Waals surface area (Å²) < 4.78 is 5.38. The van der Waals surface area contributed by atoms with Gasteiger partial charge in [0, 0.05) is 36.4 Å². The Morgan fingerprint density at radius 2 is 2.29 bits per heavy atom. The summed E-state index contributed by atoms with van der Waals surface area (Å²) >= 11 is 0. The number of hydrogen-bond acceptors (Lipinski definition) is 4. The zero-order valence-corrected chi connectivity index (χ0v) is 13.1. The molecule has 2 N–H and O–H groups in total. The first kappa shape index (κ1) is 15.8. The van der Waals surface area contributed by atoms with Crippen LogP contribution in [0.3, 0.4) is 0 Å². The standard InChI is InChI=1S/C16H25N3O2/c1-4-14-8-13(9-15(19-14)17-5-2)16(20)18-11(3)12-6-7-21-10-12/h8-9,11-12H,4-7,10H2,1-3H3,(H,17,19)(H,18,20). The first-order valence-electron chi connectivity index (χ1n) is 7.77. The highest BCUT2D eigenvalue weighted by Crippen LogP contribution is 2.17. The summed E-state index contributed by atoms with van der Waals surface area (Å²) in [7, 11) is 0. The largest absolute Gasteiger partial charge is 0.381 e. The topological polar surface area (TPSA) is 63.2 Å². The highest BCUT2D eigenvalue weighted by molar-refractivity contribution is 5.95. The summed E-state index contributed by atoms with van der Waals surface area (Å²) in [6.07, 6.45) is 1.83. The average Bonchev–Trinajstić information content (AvgIpc) is 3.01. The van der Waals surface area contributed by atoms with Gasteiger partial charge < -0.3 is 15.4 Å². The number of aryl methyl sites for hydroxylation is 1. The summed E-state index contributed by atoms with van der Waals surface area (Å²) in [5.41, 5.74) is 1.60. The Bertz CT molecular complexity index is 484. The number of amides is 1. The maximum absolute atomic E-state index is 12.4. The lowest BCUT2D eigenvalue weighted by Crippen LogP contribution is -2.38. The third kappa shape index (κ3) is 4.17. The van der Waals surface area contributed by atoms with Gasteiger partial charge in [0.1, 0.15) is 5.82 Å². The Hall–Kier alpha value is -1.62. The quantitative estimate of drug-likeness (QED) is 0.843. The van der Waals surface area contributed by atoms with Crippen molar-refractivity contribution in [2.75, 3.05) is 25.1 Å². The zero-order valence-electron chi connectivity index (χ0n) is 13.1. The van der Waals surface area contributed by atoms with Crippen LogP contribution < -0.4 is 10.6 Å². The van der Waals surface area contributed by atoms with Crippen molar-refractivity contribution < 1.29 is 9.53 Å². The molecule has 1 aliphatic heterocycles. The second-order valence-electron chi connectivity index (χ2n) is 5.50. The lowest BCUT2D eigenvalue weighted by Gasteiger charge is -2.19. The van der Waals surface area contributed by atoms with E-state index in [-0.39, 0.29) is 11.9 Å². The molecule has 2 atom stereocenters. The zero-order chi connectivity index (χ0) is 15.2. The fourth-order valence-corrected chi connectivity index (χ4v) is 2.53. The van der Waals surface area contributed by atoms with E-state index in [0.717, 1.165) is 44.1 Å². The van der Waals surface area contributed by atoms with Crippen LogP contribution in [0.5, 0.6) is 0 Å². The van der Waals surface area contributed by atoms with Crippen LogP contribution in [0.25, 0.3) is 0 Å². The Kier molecular flexibility index (Phi) is 5.56. The number of rotatable bonds is 6. The van der Waals surface area contributed by atoms with Gasteiger partial charge in [-0.25, -0.2) is 4.98 Å². The normalized spacial score (nSPS) is 19.3. The number of pyridine rings is 1. The monoisotopic (exact) mass is 291 g/mol. The third-order valence-electron chi connectivity index (χ3n) is 3.89. The van der Waals surface area contributed by atoms with E-state index < -0.39 is 0 Å². The molecule has 2 heterocycles. The molecule has 1 fully saturated rings. The fourth-order valence-electron chi connectivity index (χ4n) is 2.53. The highest BCUT2D eigenvalue weighted by Gasteiger charge is 2.24. The molecule has 1 saturated heterocycles. The molecular formula is C16H25N3O2. The second-order valence-corrected chi connectivity index (χ2v) is 5.50. The molecule has 1 aromatic rings. The van der Waals surface area contributed by atoms with Crippen molar-refractivity contribution in [2.45, 2.75) is 39.7 Å². The van der Waals surface area contributed by atoms with Gasteiger partial charge in [0.2, 0.25) is 0 Å². The van der Waals surface area contributed by atoms with Crippen LogP contribution in [0, 0.1) is 5.92 Å². The van der Waals surface area contributed by atoms with E-state index in [1.54, 1.807) is 0 Å². The van der Waals surface area contributed by atoms with E-state index in [1.807, 2.05) is 32.9 Å². The molecule has 0 saturated carbocycles. The van der Waals surface area contributed by atoms with E-state index in [0.29, 0.717) is 11.5 Å². The van der Waals surface area contributed by atoms with Crippen molar-refractivity contribution in [3.8, 4) is 0 Å². The van der Waals surface area contributed by atoms with Crippen LogP contribution >= 0.6 is 0 Å². The lowest BCUT2D eigenvalue weighted by molar-refractivity contribution is 0.0922. The number of ether oxygens (including phenoxy) is 1. The first-order valence-corrected chi connectivity index (χ1v) is 7.77. The molecule has 5 heteroatoms. The summed E-state index contributed by atoms with van der Waals surface area (Å²) in [6, 6.07) is 3.81. The maximum Gasteiger partial charge on any atom is 0.251 e. The first-order chi connectivity index (χ1) is 10.1. The summed E-state index contributed by atoms with van der Waals surface area (Å²) in [4.78, 5) is 16.9. The van der Waals surface area contributed by atoms with Crippen LogP contribution in [-0.4, -0.2) is 36.7 Å². The Morgan fingerprint density at radius 3 is 2.90 bits per heavy atom. The summed E-state index contributed by atoms with van der Waals surface area (Å²) in [5, 5.41) is 6.26. The number of nitrogens with one attached hydrogen (secondary N) is 2. The van der Waals surface area contributed by atoms with Crippen molar-refractivity contribution in [1.82, 2.24) is 10.3 Å². The van der Waals surface area contributed by atoms with Gasteiger partial charge in [0.15, 0.2) is 0 Å². The number of carbonyl (C=O) groups excluding carboxylic acids is 1. The molecule has 1 amide bonds. The van der Waals surface area contributed by atoms with Gasteiger partial charge in [0.05, 0.1) is 6.61 Å². The molecule has 1 aliphatic rings. The smallest absolute Gasteiger partial charge is 0.251 e. The predicted molar refractivity (Wildman–Crippen MR) is 83.6 cm³/mol. The summed E-state index contributed by atoms with van der Waals surface area (Å²) in [6.45, 7) is 8.42. The third-order valence-corrected chi connectivity index (χ3v) is 3.89. The second kappa shape index (κ2) is 7.41.